The molecule has 11 heteroatoms. The molecule has 0 unspecified atom stereocenters. The van der Waals surface area contributed by atoms with Gasteiger partial charge in [0.05, 0.1) is 10.6 Å². The Morgan fingerprint density at radius 1 is 0.947 bits per heavy atom. The number of nitrogens with zero attached hydrogens (tertiary/aromatic N) is 2. The van der Waals surface area contributed by atoms with E-state index >= 15 is 0 Å². The molecule has 7 nitrogen and oxygen atoms in total. The van der Waals surface area contributed by atoms with E-state index in [-0.39, 0.29) is 23.5 Å². The number of hydrogen-bond acceptors (Lipinski definition) is 4. The highest BCUT2D eigenvalue weighted by Gasteiger charge is 2.34. The summed E-state index contributed by atoms with van der Waals surface area (Å²) in [6.45, 7) is 2.79. The number of carbonyl (C=O) groups is 2. The summed E-state index contributed by atoms with van der Waals surface area (Å²) in [7, 11) is -2.73. The van der Waals surface area contributed by atoms with Crippen LogP contribution >= 0.6 is 34.8 Å². The first-order valence-electron chi connectivity index (χ1n) is 11.8. The highest BCUT2D eigenvalue weighted by Crippen LogP contribution is 2.31. The van der Waals surface area contributed by atoms with Crippen molar-refractivity contribution in [3.05, 3.63) is 92.9 Å². The molecule has 3 rings (SSSR count). The van der Waals surface area contributed by atoms with Gasteiger partial charge in [0.25, 0.3) is 10.0 Å². The van der Waals surface area contributed by atoms with Crippen molar-refractivity contribution in [3.8, 4) is 0 Å². The second kappa shape index (κ2) is 12.8. The van der Waals surface area contributed by atoms with Gasteiger partial charge in [-0.05, 0) is 55.3 Å². The van der Waals surface area contributed by atoms with Crippen LogP contribution in [0.4, 0.5) is 5.69 Å². The molecule has 0 aliphatic heterocycles. The van der Waals surface area contributed by atoms with Crippen LogP contribution in [0.3, 0.4) is 0 Å². The minimum atomic E-state index is -4.19. The number of hydrogen-bond donors (Lipinski definition) is 1. The van der Waals surface area contributed by atoms with Gasteiger partial charge in [-0.25, -0.2) is 8.42 Å². The van der Waals surface area contributed by atoms with Gasteiger partial charge < -0.3 is 10.2 Å². The van der Waals surface area contributed by atoms with E-state index in [2.05, 4.69) is 5.32 Å². The lowest BCUT2D eigenvalue weighted by Crippen LogP contribution is -2.52. The van der Waals surface area contributed by atoms with E-state index < -0.39 is 34.4 Å². The fourth-order valence-corrected chi connectivity index (χ4v) is 6.20. The molecule has 38 heavy (non-hydrogen) atoms. The fourth-order valence-electron chi connectivity index (χ4n) is 4.02. The molecular weight excluding hydrogens is 569 g/mol. The van der Waals surface area contributed by atoms with Crippen LogP contribution in [-0.2, 0) is 26.2 Å². The zero-order chi connectivity index (χ0) is 28.0. The minimum Gasteiger partial charge on any atom is -0.357 e. The molecule has 0 saturated heterocycles. The number of amides is 2. The standard InChI is InChI=1S/C27H28Cl3N3O4S/c1-4-24(27(35)31-3)32(16-21-22(29)11-8-12-23(21)30)26(34)17-33(25-15-19(28)14-13-18(25)2)38(36,37)20-9-6-5-7-10-20/h5-15,24H,4,16-17H2,1-3H3,(H,31,35)/t24-/m1/s1. The molecule has 0 heterocycles. The van der Waals surface area contributed by atoms with Crippen molar-refractivity contribution in [2.45, 2.75) is 37.8 Å². The molecule has 0 spiro atoms. The summed E-state index contributed by atoms with van der Waals surface area (Å²) in [5.74, 6) is -1.02. The third-order valence-corrected chi connectivity index (χ3v) is 8.79. The maximum atomic E-state index is 14.0. The fraction of sp³-hybridized carbons (Fsp3) is 0.259. The number of likely N-dealkylation sites (N-methyl/N-ethyl adjacent to an activating group) is 1. The van der Waals surface area contributed by atoms with E-state index in [0.29, 0.717) is 26.2 Å². The minimum absolute atomic E-state index is 0.00576. The number of anilines is 1. The van der Waals surface area contributed by atoms with Gasteiger partial charge in [-0.1, -0.05) is 72.1 Å². The predicted molar refractivity (Wildman–Crippen MR) is 152 cm³/mol. The summed E-state index contributed by atoms with van der Waals surface area (Å²) in [5.41, 5.74) is 1.29. The van der Waals surface area contributed by atoms with Gasteiger partial charge in [-0.15, -0.1) is 0 Å². The number of nitrogens with one attached hydrogen (secondary N) is 1. The van der Waals surface area contributed by atoms with Gasteiger partial charge in [0.2, 0.25) is 11.8 Å². The van der Waals surface area contributed by atoms with E-state index in [1.807, 2.05) is 0 Å². The molecule has 1 N–H and O–H groups in total. The molecule has 0 bridgehead atoms. The Balaban J connectivity index is 2.13. The van der Waals surface area contributed by atoms with Gasteiger partial charge in [0, 0.05) is 34.2 Å². The summed E-state index contributed by atoms with van der Waals surface area (Å²) in [5, 5.41) is 3.53. The quantitative estimate of drug-likeness (QED) is 0.325. The average molecular weight is 597 g/mol. The molecule has 3 aromatic rings. The number of aryl methyl sites for hydroxylation is 1. The maximum absolute atomic E-state index is 14.0. The first-order valence-corrected chi connectivity index (χ1v) is 14.4. The Kier molecular flexibility index (Phi) is 10.1. The van der Waals surface area contributed by atoms with Crippen LogP contribution in [0.15, 0.2) is 71.6 Å². The van der Waals surface area contributed by atoms with E-state index in [4.69, 9.17) is 34.8 Å². The SMILES string of the molecule is CC[C@H](C(=O)NC)N(Cc1c(Cl)cccc1Cl)C(=O)CN(c1cc(Cl)ccc1C)S(=O)(=O)c1ccccc1. The molecular formula is C27H28Cl3N3O4S. The highest BCUT2D eigenvalue weighted by atomic mass is 35.5. The Hall–Kier alpha value is -2.78. The van der Waals surface area contributed by atoms with Crippen LogP contribution in [0.2, 0.25) is 15.1 Å². The third kappa shape index (κ3) is 6.61. The van der Waals surface area contributed by atoms with Crippen molar-refractivity contribution in [1.29, 1.82) is 0 Å². The third-order valence-electron chi connectivity index (χ3n) is 6.07. The molecule has 0 radical (unpaired) electrons. The predicted octanol–water partition coefficient (Wildman–Crippen LogP) is 5.70. The van der Waals surface area contributed by atoms with Crippen molar-refractivity contribution < 1.29 is 18.0 Å². The Labute approximate surface area is 238 Å². The zero-order valence-electron chi connectivity index (χ0n) is 21.1. The molecule has 0 saturated carbocycles. The van der Waals surface area contributed by atoms with Crippen molar-refractivity contribution in [2.75, 3.05) is 17.9 Å². The Morgan fingerprint density at radius 2 is 1.58 bits per heavy atom. The van der Waals surface area contributed by atoms with E-state index in [0.717, 1.165) is 4.31 Å². The molecule has 1 atom stereocenters. The number of halogens is 3. The van der Waals surface area contributed by atoms with Gasteiger partial charge >= 0.3 is 0 Å². The van der Waals surface area contributed by atoms with Crippen LogP contribution in [0.25, 0.3) is 0 Å². The van der Waals surface area contributed by atoms with E-state index in [9.17, 15) is 18.0 Å². The van der Waals surface area contributed by atoms with Crippen LogP contribution < -0.4 is 9.62 Å². The number of carbonyl (C=O) groups excluding carboxylic acids is 2. The highest BCUT2D eigenvalue weighted by molar-refractivity contribution is 7.92. The van der Waals surface area contributed by atoms with Crippen molar-refractivity contribution >= 4 is 62.3 Å². The number of sulfonamides is 1. The van der Waals surface area contributed by atoms with Gasteiger partial charge in [0.1, 0.15) is 12.6 Å². The summed E-state index contributed by atoms with van der Waals surface area (Å²) >= 11 is 19.0. The van der Waals surface area contributed by atoms with Crippen molar-refractivity contribution in [2.24, 2.45) is 0 Å². The largest absolute Gasteiger partial charge is 0.357 e. The van der Waals surface area contributed by atoms with Crippen molar-refractivity contribution in [1.82, 2.24) is 10.2 Å². The number of rotatable bonds is 10. The van der Waals surface area contributed by atoms with Gasteiger partial charge in [-0.3, -0.25) is 13.9 Å². The van der Waals surface area contributed by atoms with Crippen LogP contribution in [0.1, 0.15) is 24.5 Å². The van der Waals surface area contributed by atoms with Crippen LogP contribution in [-0.4, -0.2) is 44.8 Å². The Bertz CT molecular complexity index is 1400. The smallest absolute Gasteiger partial charge is 0.264 e. The summed E-state index contributed by atoms with van der Waals surface area (Å²) in [6, 6.07) is 16.6. The van der Waals surface area contributed by atoms with E-state index in [1.165, 1.54) is 30.1 Å². The average Bonchev–Trinajstić information content (AvgIpc) is 2.90. The molecule has 0 aliphatic carbocycles. The molecule has 2 amide bonds. The molecule has 0 fully saturated rings. The molecule has 3 aromatic carbocycles. The summed E-state index contributed by atoms with van der Waals surface area (Å²) < 4.78 is 28.7. The topological polar surface area (TPSA) is 86.8 Å². The van der Waals surface area contributed by atoms with Crippen LogP contribution in [0.5, 0.6) is 0 Å². The summed E-state index contributed by atoms with van der Waals surface area (Å²) in [4.78, 5) is 28.1. The second-order valence-corrected chi connectivity index (χ2v) is 11.6. The van der Waals surface area contributed by atoms with Gasteiger partial charge in [0.15, 0.2) is 0 Å². The maximum Gasteiger partial charge on any atom is 0.264 e. The first kappa shape index (κ1) is 29.8. The lowest BCUT2D eigenvalue weighted by molar-refractivity contribution is -0.140. The lowest BCUT2D eigenvalue weighted by Gasteiger charge is -2.33. The van der Waals surface area contributed by atoms with E-state index in [1.54, 1.807) is 62.4 Å². The lowest BCUT2D eigenvalue weighted by atomic mass is 10.1. The van der Waals surface area contributed by atoms with Crippen LogP contribution in [0, 0.1) is 6.92 Å². The molecule has 0 aliphatic rings. The first-order chi connectivity index (χ1) is 18.0. The molecule has 0 aromatic heterocycles. The normalized spacial score (nSPS) is 12.1. The number of benzene rings is 3. The molecule has 202 valence electrons. The van der Waals surface area contributed by atoms with Gasteiger partial charge in [-0.2, -0.15) is 0 Å². The van der Waals surface area contributed by atoms with Crippen molar-refractivity contribution in [3.63, 3.8) is 0 Å². The monoisotopic (exact) mass is 595 g/mol. The Morgan fingerprint density at radius 3 is 2.16 bits per heavy atom. The second-order valence-electron chi connectivity index (χ2n) is 8.52. The summed E-state index contributed by atoms with van der Waals surface area (Å²) in [6.07, 6.45) is 0.273. The zero-order valence-corrected chi connectivity index (χ0v) is 24.2.